The molecule has 78 valence electrons. The number of Topliss-reactive ketones (excluding diaryl/α,β-unsaturated/α-hetero) is 1. The quantitative estimate of drug-likeness (QED) is 0.758. The molecule has 3 nitrogen and oxygen atoms in total. The van der Waals surface area contributed by atoms with Crippen LogP contribution in [0.1, 0.15) is 35.8 Å². The average Bonchev–Trinajstić information content (AvgIpc) is 2.52. The van der Waals surface area contributed by atoms with Crippen LogP contribution in [0.3, 0.4) is 0 Å². The highest BCUT2D eigenvalue weighted by Gasteiger charge is 2.11. The molecule has 4 heteroatoms. The van der Waals surface area contributed by atoms with Crippen LogP contribution in [0.2, 0.25) is 0 Å². The lowest BCUT2D eigenvalue weighted by molar-refractivity contribution is 0.0963. The van der Waals surface area contributed by atoms with E-state index in [1.807, 2.05) is 19.2 Å². The highest BCUT2D eigenvalue weighted by molar-refractivity contribution is 7.09. The summed E-state index contributed by atoms with van der Waals surface area (Å²) in [4.78, 5) is 15.8. The van der Waals surface area contributed by atoms with Crippen LogP contribution in [-0.2, 0) is 6.42 Å². The number of nitrogens with two attached hydrogens (primary N) is 1. The standard InChI is InChI=1S/C10H16N2OS/c1-7(2)5-9(13)8-6-14-10(12-8)3-4-11/h6-7H,3-5,11H2,1-2H3. The minimum Gasteiger partial charge on any atom is -0.330 e. The molecule has 0 radical (unpaired) electrons. The van der Waals surface area contributed by atoms with Gasteiger partial charge < -0.3 is 5.73 Å². The summed E-state index contributed by atoms with van der Waals surface area (Å²) in [6.45, 7) is 4.65. The van der Waals surface area contributed by atoms with Gasteiger partial charge in [-0.25, -0.2) is 4.98 Å². The van der Waals surface area contributed by atoms with E-state index in [1.165, 1.54) is 11.3 Å². The number of rotatable bonds is 5. The molecule has 0 saturated heterocycles. The molecule has 0 spiro atoms. The maximum atomic E-state index is 11.6. The third kappa shape index (κ3) is 3.20. The van der Waals surface area contributed by atoms with Gasteiger partial charge in [-0.2, -0.15) is 0 Å². The Labute approximate surface area is 88.3 Å². The Morgan fingerprint density at radius 1 is 1.64 bits per heavy atom. The van der Waals surface area contributed by atoms with Gasteiger partial charge in [-0.1, -0.05) is 13.8 Å². The van der Waals surface area contributed by atoms with Crippen molar-refractivity contribution in [1.29, 1.82) is 0 Å². The Hall–Kier alpha value is -0.740. The topological polar surface area (TPSA) is 56.0 Å². The number of nitrogens with zero attached hydrogens (tertiary/aromatic N) is 1. The van der Waals surface area contributed by atoms with Crippen LogP contribution in [-0.4, -0.2) is 17.3 Å². The second kappa shape index (κ2) is 5.22. The van der Waals surface area contributed by atoms with Crippen LogP contribution in [0.15, 0.2) is 5.38 Å². The number of carbonyl (C=O) groups excluding carboxylic acids is 1. The van der Waals surface area contributed by atoms with Gasteiger partial charge in [0.2, 0.25) is 0 Å². The highest BCUT2D eigenvalue weighted by atomic mass is 32.1. The summed E-state index contributed by atoms with van der Waals surface area (Å²) in [5, 5.41) is 2.79. The maximum Gasteiger partial charge on any atom is 0.182 e. The monoisotopic (exact) mass is 212 g/mol. The Morgan fingerprint density at radius 3 is 2.93 bits per heavy atom. The van der Waals surface area contributed by atoms with Crippen molar-refractivity contribution in [3.05, 3.63) is 16.1 Å². The molecule has 0 amide bonds. The molecule has 0 bridgehead atoms. The van der Waals surface area contributed by atoms with Gasteiger partial charge >= 0.3 is 0 Å². The Bertz CT molecular complexity index is 307. The summed E-state index contributed by atoms with van der Waals surface area (Å²) in [5.74, 6) is 0.529. The highest BCUT2D eigenvalue weighted by Crippen LogP contribution is 2.13. The van der Waals surface area contributed by atoms with E-state index in [0.29, 0.717) is 24.6 Å². The first-order chi connectivity index (χ1) is 6.63. The summed E-state index contributed by atoms with van der Waals surface area (Å²) < 4.78 is 0. The van der Waals surface area contributed by atoms with Crippen molar-refractivity contribution >= 4 is 17.1 Å². The summed E-state index contributed by atoms with van der Waals surface area (Å²) in [7, 11) is 0. The van der Waals surface area contributed by atoms with Crippen molar-refractivity contribution in [2.45, 2.75) is 26.7 Å². The molecule has 1 aromatic heterocycles. The molecule has 2 N–H and O–H groups in total. The van der Waals surface area contributed by atoms with E-state index in [1.54, 1.807) is 0 Å². The van der Waals surface area contributed by atoms with E-state index in [0.717, 1.165) is 11.4 Å². The van der Waals surface area contributed by atoms with E-state index in [2.05, 4.69) is 4.98 Å². The molecule has 0 saturated carbocycles. The van der Waals surface area contributed by atoms with Crippen LogP contribution >= 0.6 is 11.3 Å². The van der Waals surface area contributed by atoms with Gasteiger partial charge in [-0.3, -0.25) is 4.79 Å². The second-order valence-corrected chi connectivity index (χ2v) is 4.63. The molecule has 0 aliphatic carbocycles. The first-order valence-electron chi connectivity index (χ1n) is 4.81. The minimum absolute atomic E-state index is 0.138. The lowest BCUT2D eigenvalue weighted by Gasteiger charge is -1.99. The van der Waals surface area contributed by atoms with Gasteiger partial charge in [0.05, 0.1) is 5.01 Å². The van der Waals surface area contributed by atoms with Gasteiger partial charge in [-0.15, -0.1) is 11.3 Å². The van der Waals surface area contributed by atoms with Gasteiger partial charge in [0, 0.05) is 18.2 Å². The van der Waals surface area contributed by atoms with Crippen molar-refractivity contribution in [3.8, 4) is 0 Å². The molecule has 1 aromatic rings. The number of carbonyl (C=O) groups is 1. The minimum atomic E-state index is 0.138. The van der Waals surface area contributed by atoms with E-state index < -0.39 is 0 Å². The number of aromatic nitrogens is 1. The van der Waals surface area contributed by atoms with Crippen molar-refractivity contribution in [2.75, 3.05) is 6.54 Å². The molecule has 0 fully saturated rings. The molecular weight excluding hydrogens is 196 g/mol. The molecule has 0 atom stereocenters. The fourth-order valence-electron chi connectivity index (χ4n) is 1.15. The molecule has 1 rings (SSSR count). The lowest BCUT2D eigenvalue weighted by atomic mass is 10.1. The molecule has 0 aliphatic heterocycles. The molecule has 0 unspecified atom stereocenters. The van der Waals surface area contributed by atoms with Gasteiger partial charge in [0.15, 0.2) is 5.78 Å². The van der Waals surface area contributed by atoms with Gasteiger partial charge in [-0.05, 0) is 12.5 Å². The summed E-state index contributed by atoms with van der Waals surface area (Å²) in [6.07, 6.45) is 1.34. The predicted molar refractivity (Wildman–Crippen MR) is 58.7 cm³/mol. The van der Waals surface area contributed by atoms with E-state index in [-0.39, 0.29) is 5.78 Å². The molecule has 14 heavy (non-hydrogen) atoms. The second-order valence-electron chi connectivity index (χ2n) is 3.69. The van der Waals surface area contributed by atoms with Crippen LogP contribution in [0, 0.1) is 5.92 Å². The number of thiazole rings is 1. The zero-order valence-corrected chi connectivity index (χ0v) is 9.43. The van der Waals surface area contributed by atoms with E-state index in [4.69, 9.17) is 5.73 Å². The van der Waals surface area contributed by atoms with Crippen molar-refractivity contribution in [3.63, 3.8) is 0 Å². The fourth-order valence-corrected chi connectivity index (χ4v) is 1.97. The third-order valence-electron chi connectivity index (χ3n) is 1.79. The molecular formula is C10H16N2OS. The Morgan fingerprint density at radius 2 is 2.36 bits per heavy atom. The van der Waals surface area contributed by atoms with Crippen LogP contribution < -0.4 is 5.73 Å². The summed E-state index contributed by atoms with van der Waals surface area (Å²) in [5.41, 5.74) is 6.01. The summed E-state index contributed by atoms with van der Waals surface area (Å²) >= 11 is 1.52. The SMILES string of the molecule is CC(C)CC(=O)c1csc(CCN)n1. The maximum absolute atomic E-state index is 11.6. The van der Waals surface area contributed by atoms with Crippen molar-refractivity contribution in [1.82, 2.24) is 4.98 Å². The number of hydrogen-bond donors (Lipinski definition) is 1. The van der Waals surface area contributed by atoms with Gasteiger partial charge in [0.25, 0.3) is 0 Å². The molecule has 1 heterocycles. The lowest BCUT2D eigenvalue weighted by Crippen LogP contribution is -2.05. The first kappa shape index (κ1) is 11.3. The number of ketones is 1. The fraction of sp³-hybridized carbons (Fsp3) is 0.600. The van der Waals surface area contributed by atoms with Crippen LogP contribution in [0.4, 0.5) is 0 Å². The van der Waals surface area contributed by atoms with Crippen molar-refractivity contribution in [2.24, 2.45) is 11.7 Å². The average molecular weight is 212 g/mol. The Kier molecular flexibility index (Phi) is 4.22. The van der Waals surface area contributed by atoms with Crippen LogP contribution in [0.25, 0.3) is 0 Å². The predicted octanol–water partition coefficient (Wildman–Crippen LogP) is 1.87. The molecule has 0 aromatic carbocycles. The van der Waals surface area contributed by atoms with Crippen molar-refractivity contribution < 1.29 is 4.79 Å². The van der Waals surface area contributed by atoms with Crippen LogP contribution in [0.5, 0.6) is 0 Å². The largest absolute Gasteiger partial charge is 0.330 e. The first-order valence-corrected chi connectivity index (χ1v) is 5.69. The van der Waals surface area contributed by atoms with E-state index >= 15 is 0 Å². The smallest absolute Gasteiger partial charge is 0.182 e. The Balaban J connectivity index is 2.62. The summed E-state index contributed by atoms with van der Waals surface area (Å²) in [6, 6.07) is 0. The third-order valence-corrected chi connectivity index (χ3v) is 2.70. The zero-order valence-electron chi connectivity index (χ0n) is 8.62. The normalized spacial score (nSPS) is 10.9. The number of hydrogen-bond acceptors (Lipinski definition) is 4. The van der Waals surface area contributed by atoms with E-state index in [9.17, 15) is 4.79 Å². The van der Waals surface area contributed by atoms with Gasteiger partial charge in [0.1, 0.15) is 5.69 Å². The molecule has 0 aliphatic rings. The zero-order chi connectivity index (χ0) is 10.6.